The number of rotatable bonds is 7. The van der Waals surface area contributed by atoms with Crippen molar-refractivity contribution in [3.63, 3.8) is 0 Å². The van der Waals surface area contributed by atoms with E-state index in [1.165, 1.54) is 9.47 Å². The second kappa shape index (κ2) is 7.01. The van der Waals surface area contributed by atoms with Gasteiger partial charge in [-0.2, -0.15) is 74.6 Å². The molecule has 0 N–H and O–H groups in total. The summed E-state index contributed by atoms with van der Waals surface area (Å²) in [7, 11) is 0. The van der Waals surface area contributed by atoms with Crippen molar-refractivity contribution in [2.24, 2.45) is 0 Å². The minimum Gasteiger partial charge on any atom is -0.262 e. The van der Waals surface area contributed by atoms with Gasteiger partial charge in [0.2, 0.25) is 0 Å². The molecule has 0 saturated carbocycles. The summed E-state index contributed by atoms with van der Waals surface area (Å²) in [6.07, 6.45) is -37.6. The third kappa shape index (κ3) is 4.78. The maximum Gasteiger partial charge on any atom is 0.462 e. The van der Waals surface area contributed by atoms with Gasteiger partial charge in [-0.1, -0.05) is 0 Å². The second-order valence-corrected chi connectivity index (χ2v) is 5.77. The van der Waals surface area contributed by atoms with Crippen molar-refractivity contribution in [1.82, 2.24) is 0 Å². The smallest absolute Gasteiger partial charge is 0.262 e. The summed E-state index contributed by atoms with van der Waals surface area (Å²) in [5, 5.41) is 0. The summed E-state index contributed by atoms with van der Waals surface area (Å²) >= 11 is -0.743. The van der Waals surface area contributed by atoms with E-state index in [0.717, 1.165) is 0 Å². The second-order valence-electron chi connectivity index (χ2n) is 4.42. The Morgan fingerprint density at radius 3 is 1.04 bits per heavy atom. The Balaban J connectivity index is 6.38. The average molecular weight is 578 g/mol. The van der Waals surface area contributed by atoms with Gasteiger partial charge in [0.05, 0.1) is 0 Å². The molecule has 0 aliphatic rings. The third-order valence-electron chi connectivity index (χ3n) is 2.32. The fourth-order valence-corrected chi connectivity index (χ4v) is 1.08. The van der Waals surface area contributed by atoms with E-state index in [2.05, 4.69) is 0 Å². The van der Waals surface area contributed by atoms with Crippen LogP contribution < -0.4 is 0 Å². The van der Waals surface area contributed by atoms with Gasteiger partial charge in [-0.25, -0.2) is 4.74 Å². The highest BCUT2D eigenvalue weighted by molar-refractivity contribution is 14.1. The molecule has 0 heterocycles. The SMILES string of the molecule is FC(F)(F)C(F)(F)C(F)(F)OC(F)(C(F)(F)F)C(F)(F)OC(F)(F)C(F)(F)I. The Labute approximate surface area is 154 Å². The molecule has 20 heteroatoms. The molecule has 0 radical (unpaired) electrons. The molecule has 170 valence electrons. The van der Waals surface area contributed by atoms with Gasteiger partial charge in [-0.3, -0.25) is 4.74 Å². The lowest BCUT2D eigenvalue weighted by atomic mass is 10.2. The molecule has 1 unspecified atom stereocenters. The fourth-order valence-electron chi connectivity index (χ4n) is 0.972. The molecule has 0 rings (SSSR count). The van der Waals surface area contributed by atoms with E-state index < -0.39 is 69.0 Å². The van der Waals surface area contributed by atoms with Gasteiger partial charge in [0.1, 0.15) is 0 Å². The van der Waals surface area contributed by atoms with Crippen LogP contribution in [0.2, 0.25) is 0 Å². The number of halogens is 18. The van der Waals surface area contributed by atoms with E-state index >= 15 is 0 Å². The summed E-state index contributed by atoms with van der Waals surface area (Å²) in [5.74, 6) is -15.7. The van der Waals surface area contributed by atoms with E-state index in [1.54, 1.807) is 0 Å². The molecule has 0 aromatic carbocycles. The van der Waals surface area contributed by atoms with Crippen LogP contribution in [0, 0.1) is 0 Å². The van der Waals surface area contributed by atoms with Crippen LogP contribution in [-0.2, 0) is 9.47 Å². The first-order chi connectivity index (χ1) is 11.7. The van der Waals surface area contributed by atoms with Crippen molar-refractivity contribution in [1.29, 1.82) is 0 Å². The van der Waals surface area contributed by atoms with Gasteiger partial charge < -0.3 is 0 Å². The lowest BCUT2D eigenvalue weighted by Crippen LogP contribution is -2.66. The number of hydrogen-bond acceptors (Lipinski definition) is 2. The molecule has 0 fully saturated rings. The van der Waals surface area contributed by atoms with Crippen molar-refractivity contribution >= 4 is 22.6 Å². The molecule has 0 aromatic rings. The predicted molar refractivity (Wildman–Crippen MR) is 56.9 cm³/mol. The largest absolute Gasteiger partial charge is 0.462 e. The maximum absolute atomic E-state index is 13.4. The lowest BCUT2D eigenvalue weighted by Gasteiger charge is -2.39. The normalized spacial score (nSPS) is 18.2. The van der Waals surface area contributed by atoms with Crippen LogP contribution in [0.1, 0.15) is 0 Å². The van der Waals surface area contributed by atoms with E-state index in [-0.39, 0.29) is 0 Å². The Hall–Kier alpha value is -0.540. The summed E-state index contributed by atoms with van der Waals surface area (Å²) < 4.78 is 209. The van der Waals surface area contributed by atoms with Gasteiger partial charge in [0, 0.05) is 22.6 Å². The first-order valence-electron chi connectivity index (χ1n) is 5.47. The standard InChI is InChI=1S/C8F17IO2/c9-1(10,3(12,13)14)6(20,21)27-2(11,4(15,16)17)7(22,23)28-8(24,25)5(18,19)26. The molecule has 0 aliphatic heterocycles. The van der Waals surface area contributed by atoms with Crippen molar-refractivity contribution in [2.45, 2.75) is 46.4 Å². The van der Waals surface area contributed by atoms with Crippen LogP contribution in [0.15, 0.2) is 0 Å². The van der Waals surface area contributed by atoms with E-state index in [1.807, 2.05) is 0 Å². The molecule has 0 aromatic heterocycles. The molecule has 0 aliphatic carbocycles. The highest BCUT2D eigenvalue weighted by Crippen LogP contribution is 2.56. The Morgan fingerprint density at radius 1 is 0.429 bits per heavy atom. The zero-order chi connectivity index (χ0) is 23.4. The van der Waals surface area contributed by atoms with Crippen LogP contribution in [0.5, 0.6) is 0 Å². The van der Waals surface area contributed by atoms with E-state index in [4.69, 9.17) is 0 Å². The fraction of sp³-hybridized carbons (Fsp3) is 1.00. The molecule has 0 bridgehead atoms. The van der Waals surface area contributed by atoms with Gasteiger partial charge in [-0.05, 0) is 0 Å². The van der Waals surface area contributed by atoms with Crippen LogP contribution in [0.25, 0.3) is 0 Å². The van der Waals surface area contributed by atoms with Crippen molar-refractivity contribution in [3.8, 4) is 0 Å². The van der Waals surface area contributed by atoms with Crippen molar-refractivity contribution < 1.29 is 84.1 Å². The highest BCUT2D eigenvalue weighted by Gasteiger charge is 2.85. The van der Waals surface area contributed by atoms with Crippen LogP contribution in [-0.4, -0.2) is 46.4 Å². The Kier molecular flexibility index (Phi) is 6.88. The minimum atomic E-state index is -7.89. The molecule has 0 amide bonds. The van der Waals surface area contributed by atoms with Crippen molar-refractivity contribution in [3.05, 3.63) is 0 Å². The molecule has 1 atom stereocenters. The van der Waals surface area contributed by atoms with Gasteiger partial charge >= 0.3 is 46.4 Å². The zero-order valence-electron chi connectivity index (χ0n) is 11.6. The molecule has 0 spiro atoms. The van der Waals surface area contributed by atoms with E-state index in [9.17, 15) is 74.6 Å². The average Bonchev–Trinajstić information content (AvgIpc) is 2.31. The molecule has 2 nitrogen and oxygen atoms in total. The van der Waals surface area contributed by atoms with Gasteiger partial charge in [-0.15, -0.1) is 0 Å². The first-order valence-corrected chi connectivity index (χ1v) is 6.55. The number of ether oxygens (including phenoxy) is 2. The Morgan fingerprint density at radius 2 is 0.786 bits per heavy atom. The monoisotopic (exact) mass is 578 g/mol. The maximum atomic E-state index is 13.4. The number of hydrogen-bond donors (Lipinski definition) is 0. The quantitative estimate of drug-likeness (QED) is 0.202. The summed E-state index contributed by atoms with van der Waals surface area (Å²) in [6, 6.07) is 0. The zero-order valence-corrected chi connectivity index (χ0v) is 13.8. The summed E-state index contributed by atoms with van der Waals surface area (Å²) in [6.45, 7) is 0. The van der Waals surface area contributed by atoms with E-state index in [0.29, 0.717) is 0 Å². The molecular formula is C8F17IO2. The molecular weight excluding hydrogens is 578 g/mol. The van der Waals surface area contributed by atoms with Gasteiger partial charge in [0.25, 0.3) is 0 Å². The molecule has 28 heavy (non-hydrogen) atoms. The Bertz CT molecular complexity index is 559. The topological polar surface area (TPSA) is 18.5 Å². The highest BCUT2D eigenvalue weighted by atomic mass is 127. The third-order valence-corrected chi connectivity index (χ3v) is 2.94. The van der Waals surface area contributed by atoms with Crippen LogP contribution in [0.3, 0.4) is 0 Å². The first kappa shape index (κ1) is 27.5. The predicted octanol–water partition coefficient (Wildman–Crippen LogP) is 6.25. The minimum absolute atomic E-state index is 0.743. The summed E-state index contributed by atoms with van der Waals surface area (Å²) in [4.78, 5) is 0. The van der Waals surface area contributed by atoms with Gasteiger partial charge in [0.15, 0.2) is 0 Å². The summed E-state index contributed by atoms with van der Waals surface area (Å²) in [5.41, 5.74) is 0. The lowest BCUT2D eigenvalue weighted by molar-refractivity contribution is -0.554. The molecule has 0 saturated heterocycles. The number of alkyl halides is 18. The van der Waals surface area contributed by atoms with Crippen molar-refractivity contribution in [2.75, 3.05) is 0 Å². The van der Waals surface area contributed by atoms with Crippen LogP contribution in [0.4, 0.5) is 74.6 Å². The van der Waals surface area contributed by atoms with Crippen LogP contribution >= 0.6 is 22.6 Å².